The normalized spacial score (nSPS) is 20.4. The summed E-state index contributed by atoms with van der Waals surface area (Å²) in [5.41, 5.74) is 0.249. The Morgan fingerprint density at radius 3 is 2.85 bits per heavy atom. The molecule has 0 saturated carbocycles. The van der Waals surface area contributed by atoms with Crippen molar-refractivity contribution in [2.24, 2.45) is 0 Å². The van der Waals surface area contributed by atoms with E-state index < -0.39 is 0 Å². The lowest BCUT2D eigenvalue weighted by molar-refractivity contribution is 0.0746. The summed E-state index contributed by atoms with van der Waals surface area (Å²) in [7, 11) is 0. The summed E-state index contributed by atoms with van der Waals surface area (Å²) in [6, 6.07) is 9.12. The number of hydrogen-bond donors (Lipinski definition) is 2. The van der Waals surface area contributed by atoms with Crippen molar-refractivity contribution in [2.75, 3.05) is 26.2 Å². The molecular formula is C19H23N3O5. The molecule has 1 unspecified atom stereocenters. The summed E-state index contributed by atoms with van der Waals surface area (Å²) >= 11 is 0. The van der Waals surface area contributed by atoms with E-state index in [2.05, 4.69) is 15.4 Å². The minimum atomic E-state index is -0.304. The zero-order chi connectivity index (χ0) is 18.6. The molecule has 2 aliphatic rings. The number of para-hydroxylation sites is 2. The number of rotatable bonds is 5. The lowest BCUT2D eigenvalue weighted by atomic mass is 10.1. The number of aliphatic hydroxyl groups is 1. The number of carbonyl (C=O) groups is 1. The maximum atomic E-state index is 12.3. The highest BCUT2D eigenvalue weighted by Gasteiger charge is 2.23. The molecule has 2 aromatic rings. The molecule has 1 fully saturated rings. The van der Waals surface area contributed by atoms with Crippen LogP contribution >= 0.6 is 0 Å². The molecular weight excluding hydrogens is 350 g/mol. The summed E-state index contributed by atoms with van der Waals surface area (Å²) in [5.74, 6) is 1.73. The van der Waals surface area contributed by atoms with Crippen LogP contribution in [0.3, 0.4) is 0 Å². The number of benzene rings is 1. The molecule has 1 atom stereocenters. The number of aliphatic hydroxyl groups excluding tert-OH is 1. The Morgan fingerprint density at radius 2 is 2.04 bits per heavy atom. The van der Waals surface area contributed by atoms with Crippen LogP contribution in [0.5, 0.6) is 11.5 Å². The van der Waals surface area contributed by atoms with E-state index >= 15 is 0 Å². The number of ether oxygens (including phenoxy) is 2. The fourth-order valence-corrected chi connectivity index (χ4v) is 3.25. The Hall–Kier alpha value is -2.58. The molecule has 4 rings (SSSR count). The highest BCUT2D eigenvalue weighted by molar-refractivity contribution is 5.92. The summed E-state index contributed by atoms with van der Waals surface area (Å²) in [6.07, 6.45) is 1.05. The van der Waals surface area contributed by atoms with Gasteiger partial charge >= 0.3 is 0 Å². The van der Waals surface area contributed by atoms with Crippen LogP contribution in [0.15, 0.2) is 34.9 Å². The standard InChI is InChI=1S/C19H23N3O5/c23-13-5-7-22(8-6-13)11-14-9-16(21-27-14)19(24)20-10-15-12-25-17-3-1-2-4-18(17)26-15/h1-4,9,13,15,23H,5-8,10-12H2,(H,20,24). The predicted octanol–water partition coefficient (Wildman–Crippen LogP) is 1.20. The zero-order valence-corrected chi connectivity index (χ0v) is 15.0. The number of fused-ring (bicyclic) bond motifs is 1. The minimum absolute atomic E-state index is 0.213. The Morgan fingerprint density at radius 1 is 1.26 bits per heavy atom. The summed E-state index contributed by atoms with van der Waals surface area (Å²) < 4.78 is 16.7. The van der Waals surface area contributed by atoms with Crippen molar-refractivity contribution in [1.82, 2.24) is 15.4 Å². The van der Waals surface area contributed by atoms with Crippen molar-refractivity contribution in [3.8, 4) is 11.5 Å². The monoisotopic (exact) mass is 373 g/mol. The Kier molecular flexibility index (Phi) is 5.26. The van der Waals surface area contributed by atoms with E-state index in [1.807, 2.05) is 24.3 Å². The van der Waals surface area contributed by atoms with E-state index in [1.54, 1.807) is 6.07 Å². The Balaban J connectivity index is 1.26. The van der Waals surface area contributed by atoms with Gasteiger partial charge in [0.1, 0.15) is 12.7 Å². The summed E-state index contributed by atoms with van der Waals surface area (Å²) in [4.78, 5) is 14.5. The van der Waals surface area contributed by atoms with Crippen LogP contribution < -0.4 is 14.8 Å². The number of carbonyl (C=O) groups excluding carboxylic acids is 1. The first-order chi connectivity index (χ1) is 13.2. The quantitative estimate of drug-likeness (QED) is 0.813. The largest absolute Gasteiger partial charge is 0.486 e. The molecule has 0 radical (unpaired) electrons. The first-order valence-corrected chi connectivity index (χ1v) is 9.20. The summed E-state index contributed by atoms with van der Waals surface area (Å²) in [6.45, 7) is 2.90. The number of nitrogens with one attached hydrogen (secondary N) is 1. The molecule has 1 saturated heterocycles. The third kappa shape index (κ3) is 4.40. The van der Waals surface area contributed by atoms with Gasteiger partial charge in [-0.3, -0.25) is 9.69 Å². The van der Waals surface area contributed by atoms with Gasteiger partial charge in [0, 0.05) is 19.2 Å². The second-order valence-corrected chi connectivity index (χ2v) is 6.89. The molecule has 27 heavy (non-hydrogen) atoms. The second kappa shape index (κ2) is 7.98. The molecule has 2 aliphatic heterocycles. The maximum absolute atomic E-state index is 12.3. The highest BCUT2D eigenvalue weighted by atomic mass is 16.6. The van der Waals surface area contributed by atoms with Crippen LogP contribution in [-0.4, -0.2) is 59.5 Å². The average molecular weight is 373 g/mol. The van der Waals surface area contributed by atoms with Gasteiger partial charge in [-0.25, -0.2) is 0 Å². The van der Waals surface area contributed by atoms with Crippen molar-refractivity contribution >= 4 is 5.91 Å². The summed E-state index contributed by atoms with van der Waals surface area (Å²) in [5, 5.41) is 16.2. The number of hydrogen-bond acceptors (Lipinski definition) is 7. The van der Waals surface area contributed by atoms with E-state index in [0.29, 0.717) is 37.0 Å². The van der Waals surface area contributed by atoms with Crippen LogP contribution in [0.4, 0.5) is 0 Å². The molecule has 0 aliphatic carbocycles. The number of amides is 1. The van der Waals surface area contributed by atoms with Gasteiger partial charge in [0.2, 0.25) is 0 Å². The topological polar surface area (TPSA) is 97.1 Å². The van der Waals surface area contributed by atoms with Gasteiger partial charge in [0.15, 0.2) is 23.0 Å². The third-order valence-corrected chi connectivity index (χ3v) is 4.79. The van der Waals surface area contributed by atoms with Gasteiger partial charge in [-0.15, -0.1) is 0 Å². The molecule has 0 bridgehead atoms. The zero-order valence-electron chi connectivity index (χ0n) is 15.0. The number of nitrogens with zero attached hydrogens (tertiary/aromatic N) is 2. The fraction of sp³-hybridized carbons (Fsp3) is 0.474. The van der Waals surface area contributed by atoms with Crippen molar-refractivity contribution < 1.29 is 23.9 Å². The van der Waals surface area contributed by atoms with Crippen LogP contribution in [0.25, 0.3) is 0 Å². The molecule has 0 spiro atoms. The maximum Gasteiger partial charge on any atom is 0.273 e. The van der Waals surface area contributed by atoms with Gasteiger partial charge in [-0.05, 0) is 25.0 Å². The van der Waals surface area contributed by atoms with Gasteiger partial charge in [0.25, 0.3) is 5.91 Å². The molecule has 144 valence electrons. The first kappa shape index (κ1) is 17.8. The fourth-order valence-electron chi connectivity index (χ4n) is 3.25. The molecule has 1 aromatic carbocycles. The van der Waals surface area contributed by atoms with Crippen molar-refractivity contribution in [1.29, 1.82) is 0 Å². The van der Waals surface area contributed by atoms with Crippen molar-refractivity contribution in [2.45, 2.75) is 31.6 Å². The van der Waals surface area contributed by atoms with Gasteiger partial charge < -0.3 is 24.4 Å². The van der Waals surface area contributed by atoms with Crippen LogP contribution in [0.1, 0.15) is 29.1 Å². The third-order valence-electron chi connectivity index (χ3n) is 4.79. The van der Waals surface area contributed by atoms with E-state index in [-0.39, 0.29) is 23.8 Å². The lowest BCUT2D eigenvalue weighted by Gasteiger charge is -2.28. The SMILES string of the molecule is O=C(NCC1COc2ccccc2O1)c1cc(CN2CCC(O)CC2)on1. The van der Waals surface area contributed by atoms with Gasteiger partial charge in [-0.1, -0.05) is 17.3 Å². The predicted molar refractivity (Wildman–Crippen MR) is 95.7 cm³/mol. The van der Waals surface area contributed by atoms with Crippen LogP contribution in [-0.2, 0) is 6.54 Å². The number of aromatic nitrogens is 1. The van der Waals surface area contributed by atoms with Crippen LogP contribution in [0, 0.1) is 0 Å². The highest BCUT2D eigenvalue weighted by Crippen LogP contribution is 2.30. The van der Waals surface area contributed by atoms with Gasteiger partial charge in [0.05, 0.1) is 19.2 Å². The van der Waals surface area contributed by atoms with E-state index in [1.165, 1.54) is 0 Å². The smallest absolute Gasteiger partial charge is 0.273 e. The molecule has 1 amide bonds. The van der Waals surface area contributed by atoms with E-state index in [9.17, 15) is 9.90 Å². The Labute approximate surface area is 157 Å². The molecule has 1 aromatic heterocycles. The second-order valence-electron chi connectivity index (χ2n) is 6.89. The first-order valence-electron chi connectivity index (χ1n) is 9.20. The number of likely N-dealkylation sites (tertiary alicyclic amines) is 1. The molecule has 3 heterocycles. The number of piperidine rings is 1. The Bertz CT molecular complexity index is 785. The van der Waals surface area contributed by atoms with Crippen LogP contribution in [0.2, 0.25) is 0 Å². The van der Waals surface area contributed by atoms with Gasteiger partial charge in [-0.2, -0.15) is 0 Å². The lowest BCUT2D eigenvalue weighted by Crippen LogP contribution is -2.40. The minimum Gasteiger partial charge on any atom is -0.486 e. The molecule has 2 N–H and O–H groups in total. The molecule has 8 heteroatoms. The van der Waals surface area contributed by atoms with Crippen molar-refractivity contribution in [3.05, 3.63) is 41.8 Å². The molecule has 8 nitrogen and oxygen atoms in total. The van der Waals surface area contributed by atoms with E-state index in [4.69, 9.17) is 14.0 Å². The van der Waals surface area contributed by atoms with E-state index in [0.717, 1.165) is 25.9 Å². The van der Waals surface area contributed by atoms with Crippen molar-refractivity contribution in [3.63, 3.8) is 0 Å². The average Bonchev–Trinajstić information content (AvgIpc) is 3.16.